The van der Waals surface area contributed by atoms with Crippen molar-refractivity contribution in [2.75, 3.05) is 13.9 Å². The summed E-state index contributed by atoms with van der Waals surface area (Å²) < 4.78 is 10.4. The maximum absolute atomic E-state index is 10.6. The highest BCUT2D eigenvalue weighted by molar-refractivity contribution is 6.50. The normalized spacial score (nSPS) is 12.4. The molecule has 0 aliphatic rings. The molecule has 28 heavy (non-hydrogen) atoms. The molecular formula is C24H34O3Si. The Morgan fingerprint density at radius 3 is 2.25 bits per heavy atom. The zero-order chi connectivity index (χ0) is 20.9. The molecule has 1 N–H and O–H groups in total. The van der Waals surface area contributed by atoms with E-state index in [1.807, 2.05) is 24.3 Å². The molecule has 0 saturated heterocycles. The second kappa shape index (κ2) is 9.49. The summed E-state index contributed by atoms with van der Waals surface area (Å²) in [5.74, 6) is 6.00. The number of rotatable bonds is 7. The van der Waals surface area contributed by atoms with Crippen LogP contribution in [0.2, 0.25) is 5.04 Å². The van der Waals surface area contributed by atoms with Gasteiger partial charge in [-0.3, -0.25) is 0 Å². The second-order valence-electron chi connectivity index (χ2n) is 8.45. The fraction of sp³-hybridized carbons (Fsp3) is 0.500. The largest absolute Gasteiger partial charge is 0.507 e. The van der Waals surface area contributed by atoms with Gasteiger partial charge >= 0.3 is 0 Å². The van der Waals surface area contributed by atoms with Gasteiger partial charge < -0.3 is 14.6 Å². The van der Waals surface area contributed by atoms with E-state index in [-0.39, 0.29) is 12.5 Å². The third-order valence-electron chi connectivity index (χ3n) is 6.12. The lowest BCUT2D eigenvalue weighted by Crippen LogP contribution is -2.36. The van der Waals surface area contributed by atoms with Crippen LogP contribution in [-0.4, -0.2) is 28.5 Å². The quantitative estimate of drug-likeness (QED) is 0.399. The molecule has 0 spiro atoms. The minimum Gasteiger partial charge on any atom is -0.507 e. The fourth-order valence-corrected chi connectivity index (χ4v) is 6.41. The summed E-state index contributed by atoms with van der Waals surface area (Å²) in [4.78, 5) is 0. The van der Waals surface area contributed by atoms with E-state index in [0.717, 1.165) is 16.3 Å². The van der Waals surface area contributed by atoms with Crippen LogP contribution < -0.4 is 4.74 Å². The second-order valence-corrected chi connectivity index (χ2v) is 10.4. The Bertz CT molecular complexity index is 837. The predicted molar refractivity (Wildman–Crippen MR) is 121 cm³/mol. The number of methoxy groups -OCH3 is 1. The van der Waals surface area contributed by atoms with Gasteiger partial charge in [0.05, 0.1) is 0 Å². The lowest BCUT2D eigenvalue weighted by molar-refractivity contribution is 0.0511. The molecule has 2 aromatic carbocycles. The minimum atomic E-state index is -0.649. The molecule has 0 bridgehead atoms. The van der Waals surface area contributed by atoms with Crippen molar-refractivity contribution in [3.05, 3.63) is 35.9 Å². The zero-order valence-electron chi connectivity index (χ0n) is 18.3. The molecule has 0 radical (unpaired) electrons. The smallest absolute Gasteiger partial charge is 0.188 e. The van der Waals surface area contributed by atoms with Crippen molar-refractivity contribution in [2.24, 2.45) is 17.8 Å². The molecule has 0 saturated carbocycles. The van der Waals surface area contributed by atoms with Crippen molar-refractivity contribution in [3.8, 4) is 23.0 Å². The van der Waals surface area contributed by atoms with Crippen LogP contribution in [0.4, 0.5) is 0 Å². The van der Waals surface area contributed by atoms with Crippen LogP contribution in [0, 0.1) is 29.2 Å². The van der Waals surface area contributed by atoms with Crippen molar-refractivity contribution >= 4 is 20.3 Å². The van der Waals surface area contributed by atoms with E-state index in [0.29, 0.717) is 28.5 Å². The Kier molecular flexibility index (Phi) is 7.57. The number of ether oxygens (including phenoxy) is 2. The van der Waals surface area contributed by atoms with Gasteiger partial charge in [0.2, 0.25) is 0 Å². The van der Waals surface area contributed by atoms with E-state index in [2.05, 4.69) is 53.0 Å². The van der Waals surface area contributed by atoms with E-state index >= 15 is 0 Å². The van der Waals surface area contributed by atoms with E-state index in [4.69, 9.17) is 9.47 Å². The van der Waals surface area contributed by atoms with Gasteiger partial charge in [-0.25, -0.2) is 0 Å². The predicted octanol–water partition coefficient (Wildman–Crippen LogP) is 5.13. The lowest BCUT2D eigenvalue weighted by atomic mass is 9.76. The van der Waals surface area contributed by atoms with Gasteiger partial charge in [0, 0.05) is 24.1 Å². The van der Waals surface area contributed by atoms with Crippen molar-refractivity contribution in [2.45, 2.75) is 46.6 Å². The molecule has 4 heteroatoms. The molecule has 0 unspecified atom stereocenters. The molecule has 0 atom stereocenters. The first-order chi connectivity index (χ1) is 13.2. The van der Waals surface area contributed by atoms with Crippen LogP contribution in [0.3, 0.4) is 0 Å². The lowest BCUT2D eigenvalue weighted by Gasteiger charge is -2.44. The molecule has 0 heterocycles. The summed E-state index contributed by atoms with van der Waals surface area (Å²) in [7, 11) is 0.924. The SMILES string of the molecule is COCOc1cc(O)c2c(C#C[SiH2]C(C(C)C)(C(C)C)C(C)C)cccc2c1. The molecule has 0 amide bonds. The first kappa shape index (κ1) is 22.3. The van der Waals surface area contributed by atoms with Gasteiger partial charge in [-0.1, -0.05) is 59.6 Å². The van der Waals surface area contributed by atoms with E-state index in [1.54, 1.807) is 13.2 Å². The van der Waals surface area contributed by atoms with Crippen molar-refractivity contribution in [1.29, 1.82) is 0 Å². The molecule has 2 aromatic rings. The zero-order valence-corrected chi connectivity index (χ0v) is 19.7. The third-order valence-corrected chi connectivity index (χ3v) is 9.53. The number of phenols is 1. The molecule has 3 nitrogen and oxygen atoms in total. The average molecular weight is 399 g/mol. The summed E-state index contributed by atoms with van der Waals surface area (Å²) in [6.07, 6.45) is 0. The number of aromatic hydroxyl groups is 1. The van der Waals surface area contributed by atoms with Crippen LogP contribution in [0.1, 0.15) is 47.1 Å². The molecule has 152 valence electrons. The molecular weight excluding hydrogens is 364 g/mol. The van der Waals surface area contributed by atoms with Gasteiger partial charge in [0.25, 0.3) is 0 Å². The van der Waals surface area contributed by atoms with Crippen molar-refractivity contribution in [1.82, 2.24) is 0 Å². The van der Waals surface area contributed by atoms with Crippen LogP contribution in [0.5, 0.6) is 11.5 Å². The summed E-state index contributed by atoms with van der Waals surface area (Å²) >= 11 is 0. The van der Waals surface area contributed by atoms with Crippen LogP contribution in [0.15, 0.2) is 30.3 Å². The van der Waals surface area contributed by atoms with Gasteiger partial charge in [0.15, 0.2) is 6.79 Å². The Morgan fingerprint density at radius 1 is 1.04 bits per heavy atom. The highest BCUT2D eigenvalue weighted by atomic mass is 28.2. The maximum Gasteiger partial charge on any atom is 0.188 e. The number of hydrogen-bond donors (Lipinski definition) is 1. The summed E-state index contributed by atoms with van der Waals surface area (Å²) in [6.45, 7) is 14.2. The summed E-state index contributed by atoms with van der Waals surface area (Å²) in [5, 5.41) is 12.6. The number of phenolic OH excluding ortho intramolecular Hbond substituents is 1. The molecule has 2 rings (SSSR count). The summed E-state index contributed by atoms with van der Waals surface area (Å²) in [5.41, 5.74) is 4.46. The highest BCUT2D eigenvalue weighted by Gasteiger charge is 2.39. The molecule has 0 fully saturated rings. The topological polar surface area (TPSA) is 38.7 Å². The maximum atomic E-state index is 10.6. The third kappa shape index (κ3) is 4.53. The Labute approximate surface area is 172 Å². The minimum absolute atomic E-state index is 0.151. The van der Waals surface area contributed by atoms with Crippen molar-refractivity contribution < 1.29 is 14.6 Å². The summed E-state index contributed by atoms with van der Waals surface area (Å²) in [6, 6.07) is 9.48. The van der Waals surface area contributed by atoms with Crippen LogP contribution in [-0.2, 0) is 4.74 Å². The first-order valence-corrected chi connectivity index (χ1v) is 11.5. The Balaban J connectivity index is 2.42. The van der Waals surface area contributed by atoms with E-state index < -0.39 is 9.52 Å². The monoisotopic (exact) mass is 398 g/mol. The van der Waals surface area contributed by atoms with Crippen LogP contribution >= 0.6 is 0 Å². The van der Waals surface area contributed by atoms with Crippen molar-refractivity contribution in [3.63, 3.8) is 0 Å². The van der Waals surface area contributed by atoms with Gasteiger partial charge in [-0.05, 0) is 40.3 Å². The number of benzene rings is 2. The average Bonchev–Trinajstić information content (AvgIpc) is 2.62. The Hall–Kier alpha value is -1.96. The number of hydrogen-bond acceptors (Lipinski definition) is 3. The van der Waals surface area contributed by atoms with E-state index in [9.17, 15) is 5.11 Å². The number of fused-ring (bicyclic) bond motifs is 1. The first-order valence-electron chi connectivity index (χ1n) is 10.1. The van der Waals surface area contributed by atoms with Gasteiger partial charge in [-0.2, -0.15) is 0 Å². The van der Waals surface area contributed by atoms with E-state index in [1.165, 1.54) is 0 Å². The van der Waals surface area contributed by atoms with Gasteiger partial charge in [0.1, 0.15) is 21.0 Å². The van der Waals surface area contributed by atoms with Crippen LogP contribution in [0.25, 0.3) is 10.8 Å². The fourth-order valence-electron chi connectivity index (χ4n) is 4.60. The molecule has 0 aliphatic heterocycles. The molecule has 0 aliphatic carbocycles. The highest BCUT2D eigenvalue weighted by Crippen LogP contribution is 2.49. The molecule has 0 aromatic heterocycles. The standard InChI is InChI=1S/C24H34O3Si/c1-16(2)24(17(3)4,18(5)6)28-12-11-19-9-8-10-20-13-21(27-15-26-7)14-22(25)23(19)20/h8-10,13-14,16-18,25H,15,28H2,1-7H3. The van der Waals surface area contributed by atoms with Gasteiger partial charge in [-0.15, -0.1) is 5.54 Å². The Morgan fingerprint density at radius 2 is 1.68 bits per heavy atom.